The van der Waals surface area contributed by atoms with Crippen molar-refractivity contribution in [1.29, 1.82) is 0 Å². The van der Waals surface area contributed by atoms with Gasteiger partial charge in [-0.2, -0.15) is 0 Å². The van der Waals surface area contributed by atoms with Gasteiger partial charge in [0.25, 0.3) is 5.91 Å². The largest absolute Gasteiger partial charge is 0.481 e. The van der Waals surface area contributed by atoms with Crippen molar-refractivity contribution in [3.63, 3.8) is 0 Å². The van der Waals surface area contributed by atoms with Crippen LogP contribution in [0, 0.1) is 5.92 Å². The lowest BCUT2D eigenvalue weighted by Gasteiger charge is -2.22. The lowest BCUT2D eigenvalue weighted by molar-refractivity contribution is -0.138. The van der Waals surface area contributed by atoms with Crippen molar-refractivity contribution in [2.24, 2.45) is 5.92 Å². The summed E-state index contributed by atoms with van der Waals surface area (Å²) in [7, 11) is 0. The molecule has 0 bridgehead atoms. The molecule has 2 aromatic rings. The molecule has 2 fully saturated rings. The van der Waals surface area contributed by atoms with Crippen molar-refractivity contribution < 1.29 is 29.0 Å². The van der Waals surface area contributed by atoms with Gasteiger partial charge < -0.3 is 25.2 Å². The molecular weight excluding hydrogens is 448 g/mol. The summed E-state index contributed by atoms with van der Waals surface area (Å²) in [6, 6.07) is 15.8. The van der Waals surface area contributed by atoms with Crippen LogP contribution in [0.1, 0.15) is 49.1 Å². The van der Waals surface area contributed by atoms with E-state index in [4.69, 9.17) is 14.6 Å². The number of alkyl carbamates (subject to hydrolysis) is 1. The average molecular weight is 479 g/mol. The molecule has 3 aliphatic rings. The summed E-state index contributed by atoms with van der Waals surface area (Å²) in [5, 5.41) is 14.8. The molecule has 0 radical (unpaired) electrons. The molecule has 1 aliphatic heterocycles. The Labute approximate surface area is 204 Å². The molecule has 1 saturated heterocycles. The number of aliphatic carboxylic acids is 1. The van der Waals surface area contributed by atoms with Gasteiger partial charge in [-0.3, -0.25) is 9.59 Å². The molecule has 35 heavy (non-hydrogen) atoms. The number of nitrogens with one attached hydrogen (secondary N) is 2. The minimum atomic E-state index is -0.812. The van der Waals surface area contributed by atoms with Gasteiger partial charge in [0.05, 0.1) is 6.04 Å². The smallest absolute Gasteiger partial charge is 0.407 e. The Bertz CT molecular complexity index is 1070. The van der Waals surface area contributed by atoms with Crippen LogP contribution in [0.5, 0.6) is 0 Å². The fourth-order valence-electron chi connectivity index (χ4n) is 5.71. The first kappa shape index (κ1) is 23.4. The molecule has 5 rings (SSSR count). The molecule has 2 aromatic carbocycles. The van der Waals surface area contributed by atoms with E-state index in [-0.39, 0.29) is 36.8 Å². The van der Waals surface area contributed by atoms with Gasteiger partial charge in [0.1, 0.15) is 6.61 Å². The molecule has 4 atom stereocenters. The fraction of sp³-hybridized carbons (Fsp3) is 0.444. The molecule has 2 amide bonds. The Kier molecular flexibility index (Phi) is 6.72. The maximum absolute atomic E-state index is 12.8. The third kappa shape index (κ3) is 5.03. The van der Waals surface area contributed by atoms with Crippen LogP contribution >= 0.6 is 0 Å². The number of ether oxygens (including phenoxy) is 2. The molecule has 184 valence electrons. The second-order valence-corrected chi connectivity index (χ2v) is 9.64. The van der Waals surface area contributed by atoms with Gasteiger partial charge >= 0.3 is 12.1 Å². The van der Waals surface area contributed by atoms with E-state index in [1.54, 1.807) is 0 Å². The number of carbonyl (C=O) groups is 3. The quantitative estimate of drug-likeness (QED) is 0.562. The van der Waals surface area contributed by atoms with E-state index in [1.165, 1.54) is 0 Å². The first-order valence-electron chi connectivity index (χ1n) is 12.2. The standard InChI is InChI=1S/C27H30N2O6/c30-24(31)14-16-9-10-17(13-16)28-26(32)25-23(11-12-34-25)29-27(33)35-15-22-20-7-3-1-5-18(20)19-6-2-4-8-21(19)22/h1-8,16-17,22-23,25H,9-15H2,(H,28,32)(H,29,33)(H,30,31)/t16-,17+,23?,25?/m1/s1. The highest BCUT2D eigenvalue weighted by Crippen LogP contribution is 2.44. The maximum atomic E-state index is 12.8. The topological polar surface area (TPSA) is 114 Å². The Morgan fingerprint density at radius 3 is 2.31 bits per heavy atom. The summed E-state index contributed by atoms with van der Waals surface area (Å²) in [5.74, 6) is -1.04. The van der Waals surface area contributed by atoms with Crippen LogP contribution in [0.15, 0.2) is 48.5 Å². The van der Waals surface area contributed by atoms with Gasteiger partial charge in [0, 0.05) is 25.0 Å². The van der Waals surface area contributed by atoms with Crippen LogP contribution in [-0.4, -0.2) is 54.5 Å². The highest BCUT2D eigenvalue weighted by atomic mass is 16.6. The second-order valence-electron chi connectivity index (χ2n) is 9.64. The maximum Gasteiger partial charge on any atom is 0.407 e. The van der Waals surface area contributed by atoms with Gasteiger partial charge in [-0.25, -0.2) is 4.79 Å². The van der Waals surface area contributed by atoms with Crippen LogP contribution < -0.4 is 10.6 Å². The van der Waals surface area contributed by atoms with Gasteiger partial charge in [0.15, 0.2) is 6.10 Å². The number of fused-ring (bicyclic) bond motifs is 3. The zero-order chi connectivity index (χ0) is 24.4. The number of hydrogen-bond donors (Lipinski definition) is 3. The molecule has 2 aliphatic carbocycles. The molecule has 3 N–H and O–H groups in total. The van der Waals surface area contributed by atoms with Crippen molar-refractivity contribution in [1.82, 2.24) is 10.6 Å². The summed E-state index contributed by atoms with van der Waals surface area (Å²) in [5.41, 5.74) is 4.60. The van der Waals surface area contributed by atoms with Crippen LogP contribution in [0.3, 0.4) is 0 Å². The lowest BCUT2D eigenvalue weighted by atomic mass is 9.98. The SMILES string of the molecule is O=C(O)C[C@@H]1CC[C@H](NC(=O)C2OCCC2NC(=O)OCC2c3ccccc3-c3ccccc32)C1. The van der Waals surface area contributed by atoms with E-state index in [2.05, 4.69) is 34.9 Å². The van der Waals surface area contributed by atoms with E-state index >= 15 is 0 Å². The summed E-state index contributed by atoms with van der Waals surface area (Å²) < 4.78 is 11.2. The molecular formula is C27H30N2O6. The first-order valence-corrected chi connectivity index (χ1v) is 12.2. The number of rotatable bonds is 7. The van der Waals surface area contributed by atoms with Gasteiger partial charge in [-0.1, -0.05) is 48.5 Å². The minimum Gasteiger partial charge on any atom is -0.481 e. The van der Waals surface area contributed by atoms with E-state index in [0.29, 0.717) is 19.4 Å². The van der Waals surface area contributed by atoms with Crippen LogP contribution in [0.4, 0.5) is 4.79 Å². The summed E-state index contributed by atoms with van der Waals surface area (Å²) >= 11 is 0. The summed E-state index contributed by atoms with van der Waals surface area (Å²) in [4.78, 5) is 36.4. The van der Waals surface area contributed by atoms with Gasteiger partial charge in [0.2, 0.25) is 0 Å². The zero-order valence-corrected chi connectivity index (χ0v) is 19.4. The Morgan fingerprint density at radius 2 is 1.63 bits per heavy atom. The summed E-state index contributed by atoms with van der Waals surface area (Å²) in [6.07, 6.45) is 1.48. The van der Waals surface area contributed by atoms with Crippen molar-refractivity contribution in [3.8, 4) is 11.1 Å². The number of carboxylic acid groups (broad SMARTS) is 1. The number of carboxylic acids is 1. The zero-order valence-electron chi connectivity index (χ0n) is 19.4. The molecule has 0 spiro atoms. The Morgan fingerprint density at radius 1 is 0.943 bits per heavy atom. The van der Waals surface area contributed by atoms with Crippen molar-refractivity contribution in [3.05, 3.63) is 59.7 Å². The first-order chi connectivity index (χ1) is 17.0. The molecule has 1 saturated carbocycles. The minimum absolute atomic E-state index is 0.0341. The van der Waals surface area contributed by atoms with Crippen molar-refractivity contribution in [2.45, 2.75) is 56.2 Å². The van der Waals surface area contributed by atoms with Crippen molar-refractivity contribution >= 4 is 18.0 Å². The van der Waals surface area contributed by atoms with Crippen molar-refractivity contribution in [2.75, 3.05) is 13.2 Å². The highest BCUT2D eigenvalue weighted by Gasteiger charge is 2.38. The number of carbonyl (C=O) groups excluding carboxylic acids is 2. The van der Waals surface area contributed by atoms with Crippen LogP contribution in [0.2, 0.25) is 0 Å². The third-order valence-corrected chi connectivity index (χ3v) is 7.35. The highest BCUT2D eigenvalue weighted by molar-refractivity contribution is 5.83. The molecule has 8 nitrogen and oxygen atoms in total. The fourth-order valence-corrected chi connectivity index (χ4v) is 5.71. The van der Waals surface area contributed by atoms with Crippen LogP contribution in [0.25, 0.3) is 11.1 Å². The Balaban J connectivity index is 1.15. The number of amides is 2. The average Bonchev–Trinajstić information content (AvgIpc) is 3.55. The molecule has 8 heteroatoms. The van der Waals surface area contributed by atoms with E-state index in [0.717, 1.165) is 35.1 Å². The van der Waals surface area contributed by atoms with Crippen LogP contribution in [-0.2, 0) is 19.1 Å². The van der Waals surface area contributed by atoms with E-state index in [1.807, 2.05) is 24.3 Å². The predicted molar refractivity (Wildman–Crippen MR) is 128 cm³/mol. The number of benzene rings is 2. The lowest BCUT2D eigenvalue weighted by Crippen LogP contribution is -2.50. The third-order valence-electron chi connectivity index (χ3n) is 7.35. The molecule has 1 heterocycles. The van der Waals surface area contributed by atoms with Gasteiger partial charge in [-0.15, -0.1) is 0 Å². The van der Waals surface area contributed by atoms with Gasteiger partial charge in [-0.05, 0) is 53.9 Å². The number of hydrogen-bond acceptors (Lipinski definition) is 5. The van der Waals surface area contributed by atoms with E-state index in [9.17, 15) is 14.4 Å². The second kappa shape index (κ2) is 10.1. The Hall–Kier alpha value is -3.39. The summed E-state index contributed by atoms with van der Waals surface area (Å²) in [6.45, 7) is 0.579. The molecule has 2 unspecified atom stereocenters. The molecule has 0 aromatic heterocycles. The normalized spacial score (nSPS) is 25.0. The monoisotopic (exact) mass is 478 g/mol. The predicted octanol–water partition coefficient (Wildman–Crippen LogP) is 3.44. The van der Waals surface area contributed by atoms with E-state index < -0.39 is 24.2 Å².